The maximum Gasteiger partial charge on any atom is 0.268 e. The summed E-state index contributed by atoms with van der Waals surface area (Å²) in [5, 5.41) is 0. The molecule has 1 aromatic rings. The molecular formula is C9H8N2O. The van der Waals surface area contributed by atoms with Crippen LogP contribution in [0.2, 0.25) is 0 Å². The molecule has 0 spiro atoms. The number of amides is 1. The lowest BCUT2D eigenvalue weighted by Gasteiger charge is -1.96. The number of aromatic nitrogens is 1. The van der Waals surface area contributed by atoms with Crippen molar-refractivity contribution in [1.29, 1.82) is 0 Å². The minimum absolute atomic E-state index is 0.229. The molecule has 0 aromatic carbocycles. The molecule has 0 aliphatic carbocycles. The maximum absolute atomic E-state index is 10.8. The second-order valence-electron chi connectivity index (χ2n) is 2.14. The van der Waals surface area contributed by atoms with Gasteiger partial charge in [0, 0.05) is 6.20 Å². The van der Waals surface area contributed by atoms with Crippen LogP contribution in [-0.4, -0.2) is 10.9 Å². The third-order valence-corrected chi connectivity index (χ3v) is 1.30. The second kappa shape index (κ2) is 3.54. The largest absolute Gasteiger partial charge is 0.364 e. The molecule has 12 heavy (non-hydrogen) atoms. The predicted octanol–water partition coefficient (Wildman–Crippen LogP) is 0.552. The van der Waals surface area contributed by atoms with Crippen molar-refractivity contribution in [2.24, 2.45) is 5.73 Å². The minimum atomic E-state index is -0.548. The van der Waals surface area contributed by atoms with Gasteiger partial charge < -0.3 is 5.73 Å². The quantitative estimate of drug-likeness (QED) is 0.610. The molecule has 0 atom stereocenters. The molecule has 1 rings (SSSR count). The first-order chi connectivity index (χ1) is 5.75. The molecule has 0 saturated heterocycles. The summed E-state index contributed by atoms with van der Waals surface area (Å²) >= 11 is 0. The number of carbonyl (C=O) groups is 1. The highest BCUT2D eigenvalue weighted by molar-refractivity contribution is 5.93. The van der Waals surface area contributed by atoms with Crippen molar-refractivity contribution in [2.75, 3.05) is 0 Å². The Morgan fingerprint density at radius 3 is 3.00 bits per heavy atom. The van der Waals surface area contributed by atoms with E-state index in [1.807, 2.05) is 0 Å². The molecule has 0 aliphatic rings. The van der Waals surface area contributed by atoms with Gasteiger partial charge in [-0.05, 0) is 19.1 Å². The van der Waals surface area contributed by atoms with Gasteiger partial charge in [-0.3, -0.25) is 4.79 Å². The van der Waals surface area contributed by atoms with E-state index >= 15 is 0 Å². The van der Waals surface area contributed by atoms with E-state index in [0.29, 0.717) is 5.56 Å². The van der Waals surface area contributed by atoms with Crippen LogP contribution in [0.25, 0.3) is 0 Å². The maximum atomic E-state index is 10.8. The Bertz CT molecular complexity index is 360. The average Bonchev–Trinajstić information content (AvgIpc) is 2.05. The van der Waals surface area contributed by atoms with Crippen LogP contribution < -0.4 is 5.73 Å². The van der Waals surface area contributed by atoms with Crippen molar-refractivity contribution in [3.63, 3.8) is 0 Å². The van der Waals surface area contributed by atoms with E-state index in [2.05, 4.69) is 16.8 Å². The van der Waals surface area contributed by atoms with Crippen LogP contribution in [0.5, 0.6) is 0 Å². The average molecular weight is 160 g/mol. The van der Waals surface area contributed by atoms with Crippen LogP contribution in [0.15, 0.2) is 18.3 Å². The zero-order valence-electron chi connectivity index (χ0n) is 6.66. The highest BCUT2D eigenvalue weighted by atomic mass is 16.1. The number of hydrogen-bond acceptors (Lipinski definition) is 2. The third kappa shape index (κ3) is 1.61. The van der Waals surface area contributed by atoms with Crippen LogP contribution in [-0.2, 0) is 0 Å². The summed E-state index contributed by atoms with van der Waals surface area (Å²) in [4.78, 5) is 14.6. The molecule has 0 aliphatic heterocycles. The molecule has 1 amide bonds. The SMILES string of the molecule is CC#Cc1cccnc1C(N)=O. The van der Waals surface area contributed by atoms with Crippen molar-refractivity contribution in [2.45, 2.75) is 6.92 Å². The molecule has 0 unspecified atom stereocenters. The fraction of sp³-hybridized carbons (Fsp3) is 0.111. The first kappa shape index (κ1) is 8.28. The van der Waals surface area contributed by atoms with E-state index in [0.717, 1.165) is 0 Å². The van der Waals surface area contributed by atoms with Gasteiger partial charge in [0.05, 0.1) is 5.56 Å². The van der Waals surface area contributed by atoms with E-state index in [1.54, 1.807) is 19.1 Å². The predicted molar refractivity (Wildman–Crippen MR) is 45.3 cm³/mol. The van der Waals surface area contributed by atoms with Crippen LogP contribution >= 0.6 is 0 Å². The fourth-order valence-electron chi connectivity index (χ4n) is 0.837. The first-order valence-electron chi connectivity index (χ1n) is 3.43. The molecule has 0 bridgehead atoms. The van der Waals surface area contributed by atoms with Crippen molar-refractivity contribution in [1.82, 2.24) is 4.98 Å². The van der Waals surface area contributed by atoms with Crippen molar-refractivity contribution >= 4 is 5.91 Å². The number of pyridine rings is 1. The van der Waals surface area contributed by atoms with E-state index in [4.69, 9.17) is 5.73 Å². The van der Waals surface area contributed by atoms with Crippen molar-refractivity contribution in [3.05, 3.63) is 29.6 Å². The van der Waals surface area contributed by atoms with Crippen LogP contribution in [0.1, 0.15) is 23.0 Å². The minimum Gasteiger partial charge on any atom is -0.364 e. The van der Waals surface area contributed by atoms with Crippen LogP contribution in [0, 0.1) is 11.8 Å². The summed E-state index contributed by atoms with van der Waals surface area (Å²) in [5.41, 5.74) is 5.88. The van der Waals surface area contributed by atoms with Gasteiger partial charge in [-0.15, -0.1) is 5.92 Å². The normalized spacial score (nSPS) is 8.42. The number of nitrogens with two attached hydrogens (primary N) is 1. The van der Waals surface area contributed by atoms with Gasteiger partial charge in [-0.2, -0.15) is 0 Å². The fourth-order valence-corrected chi connectivity index (χ4v) is 0.837. The molecule has 0 saturated carbocycles. The monoisotopic (exact) mass is 160 g/mol. The van der Waals surface area contributed by atoms with Crippen molar-refractivity contribution < 1.29 is 4.79 Å². The van der Waals surface area contributed by atoms with E-state index in [-0.39, 0.29) is 5.69 Å². The van der Waals surface area contributed by atoms with Gasteiger partial charge in [-0.1, -0.05) is 5.92 Å². The van der Waals surface area contributed by atoms with Gasteiger partial charge in [0.1, 0.15) is 5.69 Å². The zero-order chi connectivity index (χ0) is 8.97. The molecular weight excluding hydrogens is 152 g/mol. The molecule has 3 heteroatoms. The zero-order valence-corrected chi connectivity index (χ0v) is 6.66. The Kier molecular flexibility index (Phi) is 2.44. The van der Waals surface area contributed by atoms with E-state index in [1.165, 1.54) is 6.20 Å². The highest BCUT2D eigenvalue weighted by Gasteiger charge is 2.05. The highest BCUT2D eigenvalue weighted by Crippen LogP contribution is 2.01. The number of primary amides is 1. The van der Waals surface area contributed by atoms with Gasteiger partial charge in [0.25, 0.3) is 5.91 Å². The molecule has 1 aromatic heterocycles. The van der Waals surface area contributed by atoms with Gasteiger partial charge in [0.2, 0.25) is 0 Å². The number of carbonyl (C=O) groups excluding carboxylic acids is 1. The summed E-state index contributed by atoms with van der Waals surface area (Å²) in [7, 11) is 0. The summed E-state index contributed by atoms with van der Waals surface area (Å²) in [6, 6.07) is 3.43. The van der Waals surface area contributed by atoms with Gasteiger partial charge in [-0.25, -0.2) is 4.98 Å². The number of nitrogens with zero attached hydrogens (tertiary/aromatic N) is 1. The molecule has 0 fully saturated rings. The summed E-state index contributed by atoms with van der Waals surface area (Å²) in [6.45, 7) is 1.69. The lowest BCUT2D eigenvalue weighted by molar-refractivity contribution is 0.0995. The Labute approximate surface area is 70.6 Å². The second-order valence-corrected chi connectivity index (χ2v) is 2.14. The smallest absolute Gasteiger partial charge is 0.268 e. The number of hydrogen-bond donors (Lipinski definition) is 1. The molecule has 1 heterocycles. The van der Waals surface area contributed by atoms with Crippen molar-refractivity contribution in [3.8, 4) is 11.8 Å². The third-order valence-electron chi connectivity index (χ3n) is 1.30. The Morgan fingerprint density at radius 1 is 1.67 bits per heavy atom. The van der Waals surface area contributed by atoms with Crippen LogP contribution in [0.4, 0.5) is 0 Å². The van der Waals surface area contributed by atoms with E-state index < -0.39 is 5.91 Å². The van der Waals surface area contributed by atoms with Gasteiger partial charge in [0.15, 0.2) is 0 Å². The Morgan fingerprint density at radius 2 is 2.42 bits per heavy atom. The summed E-state index contributed by atoms with van der Waals surface area (Å²) < 4.78 is 0. The Balaban J connectivity index is 3.23. The molecule has 60 valence electrons. The van der Waals surface area contributed by atoms with Gasteiger partial charge >= 0.3 is 0 Å². The lowest BCUT2D eigenvalue weighted by atomic mass is 10.2. The molecule has 2 N–H and O–H groups in total. The number of rotatable bonds is 1. The Hall–Kier alpha value is -1.82. The topological polar surface area (TPSA) is 56.0 Å². The van der Waals surface area contributed by atoms with Crippen LogP contribution in [0.3, 0.4) is 0 Å². The summed E-state index contributed by atoms with van der Waals surface area (Å²) in [6.07, 6.45) is 1.51. The first-order valence-corrected chi connectivity index (χ1v) is 3.43. The lowest BCUT2D eigenvalue weighted by Crippen LogP contribution is -2.14. The van der Waals surface area contributed by atoms with E-state index in [9.17, 15) is 4.79 Å². The molecule has 3 nitrogen and oxygen atoms in total. The standard InChI is InChI=1S/C9H8N2O/c1-2-4-7-5-3-6-11-8(7)9(10)12/h3,5-6H,1H3,(H2,10,12). The summed E-state index contributed by atoms with van der Waals surface area (Å²) in [5.74, 6) is 4.88. The molecule has 0 radical (unpaired) electrons.